The molecule has 1 aliphatic carbocycles. The molecule has 1 atom stereocenters. The van der Waals surface area contributed by atoms with Crippen LogP contribution in [0.3, 0.4) is 0 Å². The first kappa shape index (κ1) is 21.5. The van der Waals surface area contributed by atoms with Gasteiger partial charge in [-0.05, 0) is 45.6 Å². The summed E-state index contributed by atoms with van der Waals surface area (Å²) in [4.78, 5) is 32.7. The topological polar surface area (TPSA) is 81.2 Å². The van der Waals surface area contributed by atoms with Crippen LogP contribution in [0, 0.1) is 11.7 Å². The molecule has 1 aromatic heterocycles. The van der Waals surface area contributed by atoms with E-state index in [1.165, 1.54) is 18.3 Å². The van der Waals surface area contributed by atoms with E-state index in [-0.39, 0.29) is 32.9 Å². The molecule has 1 fully saturated rings. The molecule has 1 aromatic carbocycles. The molecule has 1 heterocycles. The van der Waals surface area contributed by atoms with Crippen LogP contribution < -0.4 is 5.32 Å². The Hall–Kier alpha value is -2.25. The molecule has 1 N–H and O–H groups in total. The number of nitrogens with zero attached hydrogens (tertiary/aromatic N) is 2. The number of hydrogen-bond donors (Lipinski definition) is 1. The maximum Gasteiger partial charge on any atom is 0.408 e. The average molecular weight is 440 g/mol. The third-order valence-corrected chi connectivity index (χ3v) is 4.81. The Kier molecular flexibility index (Phi) is 6.10. The summed E-state index contributed by atoms with van der Waals surface area (Å²) in [7, 11) is 0. The van der Waals surface area contributed by atoms with E-state index in [1.807, 2.05) is 0 Å². The molecular weight excluding hydrogens is 420 g/mol. The number of alkyl carbamates (subject to hydrolysis) is 1. The molecule has 9 heteroatoms. The number of ketones is 1. The molecule has 0 saturated heterocycles. The van der Waals surface area contributed by atoms with Gasteiger partial charge in [0, 0.05) is 5.56 Å². The number of aromatic nitrogens is 2. The van der Waals surface area contributed by atoms with Crippen molar-refractivity contribution in [1.82, 2.24) is 15.3 Å². The van der Waals surface area contributed by atoms with Gasteiger partial charge in [0.2, 0.25) is 5.78 Å². The molecule has 2 aromatic rings. The van der Waals surface area contributed by atoms with Gasteiger partial charge in [-0.25, -0.2) is 19.2 Å². The van der Waals surface area contributed by atoms with Crippen molar-refractivity contribution >= 4 is 35.1 Å². The van der Waals surface area contributed by atoms with Crippen molar-refractivity contribution in [3.05, 3.63) is 57.3 Å². The molecule has 0 aliphatic heterocycles. The Bertz CT molecular complexity index is 941. The summed E-state index contributed by atoms with van der Waals surface area (Å²) in [6.45, 7) is 5.22. The van der Waals surface area contributed by atoms with E-state index >= 15 is 4.39 Å². The highest BCUT2D eigenvalue weighted by molar-refractivity contribution is 6.35. The predicted molar refractivity (Wildman–Crippen MR) is 107 cm³/mol. The first-order valence-electron chi connectivity index (χ1n) is 9.06. The van der Waals surface area contributed by atoms with Crippen LogP contribution in [0.2, 0.25) is 10.2 Å². The van der Waals surface area contributed by atoms with Gasteiger partial charge in [-0.2, -0.15) is 0 Å². The van der Waals surface area contributed by atoms with Crippen molar-refractivity contribution < 1.29 is 18.7 Å². The number of halogens is 3. The third-order valence-electron chi connectivity index (χ3n) is 4.30. The molecule has 6 nitrogen and oxygen atoms in total. The Morgan fingerprint density at radius 1 is 1.21 bits per heavy atom. The second kappa shape index (κ2) is 8.24. The monoisotopic (exact) mass is 439 g/mol. The van der Waals surface area contributed by atoms with Crippen LogP contribution in [-0.4, -0.2) is 27.4 Å². The quantitative estimate of drug-likeness (QED) is 0.652. The molecule has 1 aliphatic rings. The number of rotatable bonds is 5. The molecular formula is C20H20Cl2FN3O3. The van der Waals surface area contributed by atoms with E-state index in [0.29, 0.717) is 0 Å². The number of hydrogen-bond acceptors (Lipinski definition) is 5. The van der Waals surface area contributed by atoms with Gasteiger partial charge in [0.15, 0.2) is 0 Å². The lowest BCUT2D eigenvalue weighted by molar-refractivity contribution is 0.0496. The van der Waals surface area contributed by atoms with Crippen LogP contribution in [0.15, 0.2) is 24.5 Å². The van der Waals surface area contributed by atoms with Crippen LogP contribution in [0.4, 0.5) is 9.18 Å². The van der Waals surface area contributed by atoms with E-state index in [1.54, 1.807) is 20.8 Å². The standard InChI is InChI=1S/C20H20Cl2FN3O3/c1-20(2,3)29-19(28)26-17(10-4-5-10)11-6-7-12(21)15(16(11)23)18(27)13-8-25-14(22)9-24-13/h6-10,17H,4-5H2,1-3H3,(H,26,28). The molecule has 1 unspecified atom stereocenters. The fourth-order valence-corrected chi connectivity index (χ4v) is 3.22. The van der Waals surface area contributed by atoms with Gasteiger partial charge < -0.3 is 10.1 Å². The van der Waals surface area contributed by atoms with Gasteiger partial charge in [0.1, 0.15) is 22.3 Å². The molecule has 154 valence electrons. The number of nitrogens with one attached hydrogen (secondary N) is 1. The summed E-state index contributed by atoms with van der Waals surface area (Å²) in [6, 6.07) is 2.27. The van der Waals surface area contributed by atoms with Gasteiger partial charge in [-0.1, -0.05) is 29.3 Å². The SMILES string of the molecule is CC(C)(C)OC(=O)NC(c1ccc(Cl)c(C(=O)c2cnc(Cl)cn2)c1F)C1CC1. The highest BCUT2D eigenvalue weighted by Crippen LogP contribution is 2.43. The largest absolute Gasteiger partial charge is 0.444 e. The zero-order valence-electron chi connectivity index (χ0n) is 16.1. The van der Waals surface area contributed by atoms with Gasteiger partial charge in [0.05, 0.1) is 29.0 Å². The van der Waals surface area contributed by atoms with E-state index in [9.17, 15) is 9.59 Å². The van der Waals surface area contributed by atoms with Crippen molar-refractivity contribution in [3.63, 3.8) is 0 Å². The minimum atomic E-state index is -0.799. The molecule has 1 amide bonds. The Morgan fingerprint density at radius 3 is 2.45 bits per heavy atom. The highest BCUT2D eigenvalue weighted by atomic mass is 35.5. The van der Waals surface area contributed by atoms with Crippen LogP contribution in [0.25, 0.3) is 0 Å². The molecule has 0 spiro atoms. The van der Waals surface area contributed by atoms with Gasteiger partial charge in [0.25, 0.3) is 0 Å². The summed E-state index contributed by atoms with van der Waals surface area (Å²) >= 11 is 11.8. The van der Waals surface area contributed by atoms with Gasteiger partial charge in [-0.3, -0.25) is 4.79 Å². The minimum absolute atomic E-state index is 0.0523. The molecule has 0 radical (unpaired) electrons. The van der Waals surface area contributed by atoms with Crippen LogP contribution in [-0.2, 0) is 4.74 Å². The first-order valence-corrected chi connectivity index (χ1v) is 9.82. The van der Waals surface area contributed by atoms with E-state index < -0.39 is 29.3 Å². The van der Waals surface area contributed by atoms with Crippen molar-refractivity contribution in [2.24, 2.45) is 5.92 Å². The number of carbonyl (C=O) groups is 2. The van der Waals surface area contributed by atoms with Gasteiger partial charge in [-0.15, -0.1) is 0 Å². The fourth-order valence-electron chi connectivity index (χ4n) is 2.89. The second-order valence-electron chi connectivity index (χ2n) is 7.84. The lowest BCUT2D eigenvalue weighted by atomic mass is 9.96. The zero-order chi connectivity index (χ0) is 21.3. The average Bonchev–Trinajstić information content (AvgIpc) is 3.44. The molecule has 1 saturated carbocycles. The maximum atomic E-state index is 15.4. The van der Waals surface area contributed by atoms with Crippen LogP contribution >= 0.6 is 23.2 Å². The smallest absolute Gasteiger partial charge is 0.408 e. The lowest BCUT2D eigenvalue weighted by Crippen LogP contribution is -2.36. The summed E-state index contributed by atoms with van der Waals surface area (Å²) in [5.74, 6) is -1.46. The molecule has 29 heavy (non-hydrogen) atoms. The summed E-state index contributed by atoms with van der Waals surface area (Å²) in [6.07, 6.45) is 3.36. The number of carbonyl (C=O) groups excluding carboxylic acids is 2. The Balaban J connectivity index is 1.94. The lowest BCUT2D eigenvalue weighted by Gasteiger charge is -2.24. The summed E-state index contributed by atoms with van der Waals surface area (Å²) in [5, 5.41) is 2.78. The number of benzene rings is 1. The number of amides is 1. The minimum Gasteiger partial charge on any atom is -0.444 e. The van der Waals surface area contributed by atoms with Crippen molar-refractivity contribution in [3.8, 4) is 0 Å². The number of ether oxygens (including phenoxy) is 1. The van der Waals surface area contributed by atoms with E-state index in [2.05, 4.69) is 15.3 Å². The normalized spacial score (nSPS) is 15.0. The molecule has 0 bridgehead atoms. The van der Waals surface area contributed by atoms with Crippen molar-refractivity contribution in [2.45, 2.75) is 45.3 Å². The van der Waals surface area contributed by atoms with Gasteiger partial charge >= 0.3 is 6.09 Å². The predicted octanol–water partition coefficient (Wildman–Crippen LogP) is 5.13. The fraction of sp³-hybridized carbons (Fsp3) is 0.400. The third kappa shape index (κ3) is 5.22. The van der Waals surface area contributed by atoms with Crippen molar-refractivity contribution in [2.75, 3.05) is 0 Å². The zero-order valence-corrected chi connectivity index (χ0v) is 17.6. The van der Waals surface area contributed by atoms with E-state index in [4.69, 9.17) is 27.9 Å². The second-order valence-corrected chi connectivity index (χ2v) is 8.63. The molecule has 3 rings (SSSR count). The Morgan fingerprint density at radius 2 is 1.90 bits per heavy atom. The Labute approximate surface area is 177 Å². The maximum absolute atomic E-state index is 15.4. The highest BCUT2D eigenvalue weighted by Gasteiger charge is 2.37. The van der Waals surface area contributed by atoms with Crippen molar-refractivity contribution in [1.29, 1.82) is 0 Å². The van der Waals surface area contributed by atoms with Crippen LogP contribution in [0.5, 0.6) is 0 Å². The summed E-state index contributed by atoms with van der Waals surface area (Å²) in [5.41, 5.74) is -0.925. The first-order chi connectivity index (χ1) is 13.6. The van der Waals surface area contributed by atoms with Crippen LogP contribution in [0.1, 0.15) is 61.3 Å². The van der Waals surface area contributed by atoms with E-state index in [0.717, 1.165) is 19.0 Å². The summed E-state index contributed by atoms with van der Waals surface area (Å²) < 4.78 is 20.7.